The van der Waals surface area contributed by atoms with E-state index < -0.39 is 0 Å². The molecule has 1 aliphatic heterocycles. The molecule has 1 aliphatic rings. The van der Waals surface area contributed by atoms with Gasteiger partial charge in [-0.05, 0) is 87.4 Å². The highest BCUT2D eigenvalue weighted by atomic mass is 16.5. The Kier molecular flexibility index (Phi) is 6.80. The van der Waals surface area contributed by atoms with Crippen molar-refractivity contribution < 1.29 is 14.3 Å². The lowest BCUT2D eigenvalue weighted by Crippen LogP contribution is -2.47. The van der Waals surface area contributed by atoms with Gasteiger partial charge in [0.25, 0.3) is 11.8 Å². The molecule has 1 saturated heterocycles. The summed E-state index contributed by atoms with van der Waals surface area (Å²) in [5, 5.41) is 3.06. The molecule has 30 heavy (non-hydrogen) atoms. The van der Waals surface area contributed by atoms with E-state index in [1.165, 1.54) is 5.56 Å². The van der Waals surface area contributed by atoms with Crippen LogP contribution >= 0.6 is 0 Å². The van der Waals surface area contributed by atoms with E-state index >= 15 is 0 Å². The second-order valence-corrected chi connectivity index (χ2v) is 8.38. The van der Waals surface area contributed by atoms with Gasteiger partial charge in [0.1, 0.15) is 5.75 Å². The lowest BCUT2D eigenvalue weighted by atomic mass is 10.0. The summed E-state index contributed by atoms with van der Waals surface area (Å²) in [5.74, 6) is 0.741. The monoisotopic (exact) mass is 408 g/mol. The number of nitrogens with one attached hydrogen (secondary N) is 1. The molecular weight excluding hydrogens is 376 g/mol. The van der Waals surface area contributed by atoms with E-state index in [9.17, 15) is 9.59 Å². The van der Waals surface area contributed by atoms with Gasteiger partial charge < -0.3 is 15.0 Å². The minimum absolute atomic E-state index is 0.00687. The number of hydrogen-bond donors (Lipinski definition) is 1. The Hall–Kier alpha value is -2.82. The molecule has 0 radical (unpaired) electrons. The molecule has 160 valence electrons. The van der Waals surface area contributed by atoms with Crippen molar-refractivity contribution in [1.29, 1.82) is 0 Å². The number of ether oxygens (including phenoxy) is 1. The maximum absolute atomic E-state index is 12.8. The molecule has 0 saturated carbocycles. The van der Waals surface area contributed by atoms with Crippen molar-refractivity contribution in [2.75, 3.05) is 19.7 Å². The molecular formula is C25H32N2O3. The smallest absolute Gasteiger partial charge is 0.258 e. The van der Waals surface area contributed by atoms with Gasteiger partial charge in [-0.3, -0.25) is 9.59 Å². The topological polar surface area (TPSA) is 58.6 Å². The molecule has 1 fully saturated rings. The molecule has 0 atom stereocenters. The van der Waals surface area contributed by atoms with Gasteiger partial charge in [-0.25, -0.2) is 0 Å². The summed E-state index contributed by atoms with van der Waals surface area (Å²) in [6.45, 7) is 11.4. The predicted molar refractivity (Wildman–Crippen MR) is 119 cm³/mol. The molecule has 2 aromatic carbocycles. The quantitative estimate of drug-likeness (QED) is 0.813. The van der Waals surface area contributed by atoms with Crippen LogP contribution in [0.4, 0.5) is 0 Å². The second-order valence-electron chi connectivity index (χ2n) is 8.38. The number of rotatable bonds is 5. The van der Waals surface area contributed by atoms with Crippen molar-refractivity contribution in [3.05, 3.63) is 63.7 Å². The van der Waals surface area contributed by atoms with Gasteiger partial charge in [0, 0.05) is 24.7 Å². The van der Waals surface area contributed by atoms with Gasteiger partial charge in [0.15, 0.2) is 6.61 Å². The van der Waals surface area contributed by atoms with Crippen molar-refractivity contribution >= 4 is 11.8 Å². The first-order chi connectivity index (χ1) is 14.3. The van der Waals surface area contributed by atoms with Crippen LogP contribution in [0.3, 0.4) is 0 Å². The van der Waals surface area contributed by atoms with Crippen LogP contribution in [0, 0.1) is 34.6 Å². The molecule has 1 N–H and O–H groups in total. The predicted octanol–water partition coefficient (Wildman–Crippen LogP) is 4.03. The van der Waals surface area contributed by atoms with E-state index in [1.807, 2.05) is 63.8 Å². The van der Waals surface area contributed by atoms with Gasteiger partial charge in [0.05, 0.1) is 0 Å². The van der Waals surface area contributed by atoms with Gasteiger partial charge >= 0.3 is 0 Å². The first-order valence-corrected chi connectivity index (χ1v) is 10.6. The Balaban J connectivity index is 1.48. The third-order valence-corrected chi connectivity index (χ3v) is 6.12. The molecule has 3 rings (SSSR count). The van der Waals surface area contributed by atoms with Crippen LogP contribution in [0.2, 0.25) is 0 Å². The first kappa shape index (κ1) is 21.9. The Labute approximate surface area is 179 Å². The number of hydrogen-bond acceptors (Lipinski definition) is 3. The number of nitrogens with zero attached hydrogens (tertiary/aromatic N) is 1. The van der Waals surface area contributed by atoms with Crippen molar-refractivity contribution in [2.24, 2.45) is 0 Å². The zero-order valence-corrected chi connectivity index (χ0v) is 18.7. The molecule has 5 heteroatoms. The van der Waals surface area contributed by atoms with E-state index in [0.29, 0.717) is 13.1 Å². The number of carbonyl (C=O) groups is 2. The summed E-state index contributed by atoms with van der Waals surface area (Å²) in [6, 6.07) is 9.99. The molecule has 0 aliphatic carbocycles. The molecule has 2 amide bonds. The fourth-order valence-electron chi connectivity index (χ4n) is 3.84. The largest absolute Gasteiger partial charge is 0.483 e. The zero-order valence-electron chi connectivity index (χ0n) is 18.7. The van der Waals surface area contributed by atoms with Crippen LogP contribution in [0.15, 0.2) is 30.3 Å². The molecule has 0 bridgehead atoms. The molecule has 5 nitrogen and oxygen atoms in total. The lowest BCUT2D eigenvalue weighted by molar-refractivity contribution is -0.124. The van der Waals surface area contributed by atoms with Gasteiger partial charge in [-0.1, -0.05) is 18.2 Å². The van der Waals surface area contributed by atoms with Gasteiger partial charge in [-0.2, -0.15) is 0 Å². The fourth-order valence-corrected chi connectivity index (χ4v) is 3.84. The van der Waals surface area contributed by atoms with Crippen LogP contribution in [0.25, 0.3) is 0 Å². The fraction of sp³-hybridized carbons (Fsp3) is 0.440. The molecule has 0 spiro atoms. The van der Waals surface area contributed by atoms with E-state index in [4.69, 9.17) is 4.74 Å². The standard InChI is InChI=1S/C25H32N2O3/c1-16-8-9-21(14-19(16)4)25(29)27-12-10-22(11-13-27)26-23(28)15-30-24-18(3)7-6-17(2)20(24)5/h6-9,14,22H,10-13,15H2,1-5H3,(H,26,28). The molecule has 1 heterocycles. The maximum atomic E-state index is 12.8. The first-order valence-electron chi connectivity index (χ1n) is 10.6. The number of amides is 2. The average molecular weight is 409 g/mol. The second kappa shape index (κ2) is 9.33. The van der Waals surface area contributed by atoms with Gasteiger partial charge in [0.2, 0.25) is 0 Å². The SMILES string of the molecule is Cc1ccc(C(=O)N2CCC(NC(=O)COc3c(C)ccc(C)c3C)CC2)cc1C. The summed E-state index contributed by atoms with van der Waals surface area (Å²) in [5.41, 5.74) is 6.30. The van der Waals surface area contributed by atoms with Crippen LogP contribution in [0.1, 0.15) is 51.0 Å². The maximum Gasteiger partial charge on any atom is 0.258 e. The number of carbonyl (C=O) groups excluding carboxylic acids is 2. The summed E-state index contributed by atoms with van der Waals surface area (Å²) in [6.07, 6.45) is 1.51. The van der Waals surface area contributed by atoms with Crippen molar-refractivity contribution in [3.8, 4) is 5.75 Å². The Morgan fingerprint density at radius 3 is 2.23 bits per heavy atom. The summed E-state index contributed by atoms with van der Waals surface area (Å²) >= 11 is 0. The number of piperidine rings is 1. The average Bonchev–Trinajstić information content (AvgIpc) is 2.73. The molecule has 2 aromatic rings. The minimum atomic E-state index is -0.116. The van der Waals surface area contributed by atoms with Crippen molar-refractivity contribution in [1.82, 2.24) is 10.2 Å². The van der Waals surface area contributed by atoms with E-state index in [0.717, 1.165) is 46.4 Å². The Morgan fingerprint density at radius 2 is 1.57 bits per heavy atom. The normalized spacial score (nSPS) is 14.5. The highest BCUT2D eigenvalue weighted by molar-refractivity contribution is 5.94. The number of benzene rings is 2. The summed E-state index contributed by atoms with van der Waals surface area (Å²) < 4.78 is 5.81. The van der Waals surface area contributed by atoms with E-state index in [-0.39, 0.29) is 24.5 Å². The lowest BCUT2D eigenvalue weighted by Gasteiger charge is -2.32. The van der Waals surface area contributed by atoms with Crippen LogP contribution in [-0.2, 0) is 4.79 Å². The summed E-state index contributed by atoms with van der Waals surface area (Å²) in [7, 11) is 0. The Bertz CT molecular complexity index is 944. The number of likely N-dealkylation sites (tertiary alicyclic amines) is 1. The third kappa shape index (κ3) is 5.02. The van der Waals surface area contributed by atoms with E-state index in [2.05, 4.69) is 11.4 Å². The minimum Gasteiger partial charge on any atom is -0.483 e. The van der Waals surface area contributed by atoms with Crippen LogP contribution in [-0.4, -0.2) is 42.5 Å². The van der Waals surface area contributed by atoms with Crippen molar-refractivity contribution in [3.63, 3.8) is 0 Å². The third-order valence-electron chi connectivity index (χ3n) is 6.12. The molecule has 0 unspecified atom stereocenters. The highest BCUT2D eigenvalue weighted by Gasteiger charge is 2.25. The van der Waals surface area contributed by atoms with Crippen LogP contribution in [0.5, 0.6) is 5.75 Å². The van der Waals surface area contributed by atoms with Crippen molar-refractivity contribution in [2.45, 2.75) is 53.5 Å². The highest BCUT2D eigenvalue weighted by Crippen LogP contribution is 2.25. The Morgan fingerprint density at radius 1 is 0.933 bits per heavy atom. The zero-order chi connectivity index (χ0) is 21.8. The van der Waals surface area contributed by atoms with E-state index in [1.54, 1.807) is 0 Å². The molecule has 0 aromatic heterocycles. The summed E-state index contributed by atoms with van der Waals surface area (Å²) in [4.78, 5) is 27.0. The number of aryl methyl sites for hydroxylation is 4. The van der Waals surface area contributed by atoms with Gasteiger partial charge in [-0.15, -0.1) is 0 Å². The van der Waals surface area contributed by atoms with Crippen LogP contribution < -0.4 is 10.1 Å².